The number of carbonyl (C=O) groups is 2. The van der Waals surface area contributed by atoms with Gasteiger partial charge in [-0.1, -0.05) is 0 Å². The van der Waals surface area contributed by atoms with Crippen LogP contribution in [0.2, 0.25) is 0 Å². The number of alkyl halides is 1. The second-order valence-electron chi connectivity index (χ2n) is 3.58. The standard InChI is InChI=1S/C12H14ClNO3/c1-7(13)12(16)10-6-9(14-8(2)15)4-5-11(10)17-3/h4-7H,1-3H3,(H,14,15). The average Bonchev–Trinajstić information content (AvgIpc) is 2.27. The van der Waals surface area contributed by atoms with Crippen LogP contribution in [-0.2, 0) is 4.79 Å². The molecule has 1 atom stereocenters. The fourth-order valence-corrected chi connectivity index (χ4v) is 1.51. The van der Waals surface area contributed by atoms with Gasteiger partial charge in [-0.15, -0.1) is 11.6 Å². The minimum Gasteiger partial charge on any atom is -0.496 e. The van der Waals surface area contributed by atoms with Crippen LogP contribution >= 0.6 is 11.6 Å². The quantitative estimate of drug-likeness (QED) is 0.664. The van der Waals surface area contributed by atoms with Crippen molar-refractivity contribution in [2.45, 2.75) is 19.2 Å². The number of ketones is 1. The summed E-state index contributed by atoms with van der Waals surface area (Å²) < 4.78 is 5.08. The van der Waals surface area contributed by atoms with E-state index in [1.54, 1.807) is 25.1 Å². The number of anilines is 1. The van der Waals surface area contributed by atoms with Crippen molar-refractivity contribution in [3.05, 3.63) is 23.8 Å². The van der Waals surface area contributed by atoms with Crippen molar-refractivity contribution >= 4 is 29.0 Å². The van der Waals surface area contributed by atoms with E-state index in [1.807, 2.05) is 0 Å². The third kappa shape index (κ3) is 3.46. The zero-order valence-electron chi connectivity index (χ0n) is 9.91. The van der Waals surface area contributed by atoms with Gasteiger partial charge >= 0.3 is 0 Å². The summed E-state index contributed by atoms with van der Waals surface area (Å²) >= 11 is 5.76. The maximum absolute atomic E-state index is 11.8. The van der Waals surface area contributed by atoms with Crippen molar-refractivity contribution in [1.29, 1.82) is 0 Å². The lowest BCUT2D eigenvalue weighted by molar-refractivity contribution is -0.114. The number of hydrogen-bond acceptors (Lipinski definition) is 3. The molecule has 0 aromatic heterocycles. The van der Waals surface area contributed by atoms with Gasteiger partial charge in [0.25, 0.3) is 0 Å². The normalized spacial score (nSPS) is 11.8. The lowest BCUT2D eigenvalue weighted by atomic mass is 10.1. The molecule has 0 bridgehead atoms. The van der Waals surface area contributed by atoms with Gasteiger partial charge in [0.1, 0.15) is 5.75 Å². The number of methoxy groups -OCH3 is 1. The van der Waals surface area contributed by atoms with Gasteiger partial charge in [0.15, 0.2) is 5.78 Å². The molecule has 1 aromatic rings. The molecule has 1 unspecified atom stereocenters. The molecule has 1 N–H and O–H groups in total. The van der Waals surface area contributed by atoms with Gasteiger partial charge in [0.05, 0.1) is 18.1 Å². The third-order valence-corrected chi connectivity index (χ3v) is 2.34. The number of rotatable bonds is 4. The van der Waals surface area contributed by atoms with Crippen molar-refractivity contribution in [3.8, 4) is 5.75 Å². The van der Waals surface area contributed by atoms with Crippen molar-refractivity contribution in [3.63, 3.8) is 0 Å². The predicted octanol–water partition coefficient (Wildman–Crippen LogP) is 2.46. The Morgan fingerprint density at radius 3 is 2.53 bits per heavy atom. The highest BCUT2D eigenvalue weighted by molar-refractivity contribution is 6.34. The predicted molar refractivity (Wildman–Crippen MR) is 66.9 cm³/mol. The first-order valence-corrected chi connectivity index (χ1v) is 5.53. The highest BCUT2D eigenvalue weighted by atomic mass is 35.5. The van der Waals surface area contributed by atoms with Crippen LogP contribution in [0.3, 0.4) is 0 Å². The molecule has 1 rings (SSSR count). The van der Waals surface area contributed by atoms with Crippen LogP contribution in [0, 0.1) is 0 Å². The Labute approximate surface area is 105 Å². The molecule has 1 amide bonds. The summed E-state index contributed by atoms with van der Waals surface area (Å²) in [5, 5.41) is 1.96. The van der Waals surface area contributed by atoms with E-state index in [0.717, 1.165) is 0 Å². The number of benzene rings is 1. The van der Waals surface area contributed by atoms with Crippen LogP contribution in [-0.4, -0.2) is 24.2 Å². The zero-order chi connectivity index (χ0) is 13.0. The van der Waals surface area contributed by atoms with Crippen LogP contribution in [0.1, 0.15) is 24.2 Å². The first-order valence-electron chi connectivity index (χ1n) is 5.09. The van der Waals surface area contributed by atoms with Crippen molar-refractivity contribution in [2.75, 3.05) is 12.4 Å². The summed E-state index contributed by atoms with van der Waals surface area (Å²) in [6.45, 7) is 2.99. The van der Waals surface area contributed by atoms with E-state index in [4.69, 9.17) is 16.3 Å². The Kier molecular flexibility index (Phi) is 4.52. The van der Waals surface area contributed by atoms with Gasteiger partial charge in [-0.2, -0.15) is 0 Å². The monoisotopic (exact) mass is 255 g/mol. The maximum Gasteiger partial charge on any atom is 0.221 e. The second-order valence-corrected chi connectivity index (χ2v) is 4.23. The number of amides is 1. The Bertz CT molecular complexity index is 443. The maximum atomic E-state index is 11.8. The minimum absolute atomic E-state index is 0.201. The molecule has 0 spiro atoms. The van der Waals surface area contributed by atoms with E-state index in [0.29, 0.717) is 17.0 Å². The summed E-state index contributed by atoms with van der Waals surface area (Å²) in [4.78, 5) is 22.8. The molecule has 0 saturated carbocycles. The molecule has 0 aliphatic rings. The Hall–Kier alpha value is -1.55. The topological polar surface area (TPSA) is 55.4 Å². The fraction of sp³-hybridized carbons (Fsp3) is 0.333. The molecule has 0 saturated heterocycles. The summed E-state index contributed by atoms with van der Waals surface area (Å²) in [5.74, 6) is -0.000177. The molecule has 0 fully saturated rings. The summed E-state index contributed by atoms with van der Waals surface area (Å²) in [6, 6.07) is 4.84. The number of halogens is 1. The lowest BCUT2D eigenvalue weighted by Crippen LogP contribution is -2.13. The van der Waals surface area contributed by atoms with E-state index in [1.165, 1.54) is 14.0 Å². The average molecular weight is 256 g/mol. The second kappa shape index (κ2) is 5.68. The lowest BCUT2D eigenvalue weighted by Gasteiger charge is -2.11. The van der Waals surface area contributed by atoms with Crippen LogP contribution in [0.5, 0.6) is 5.75 Å². The Balaban J connectivity index is 3.15. The number of carbonyl (C=O) groups excluding carboxylic acids is 2. The number of ether oxygens (including phenoxy) is 1. The molecule has 0 aliphatic carbocycles. The van der Waals surface area contributed by atoms with Crippen molar-refractivity contribution < 1.29 is 14.3 Å². The van der Waals surface area contributed by atoms with E-state index in [-0.39, 0.29) is 11.7 Å². The molecule has 92 valence electrons. The Morgan fingerprint density at radius 2 is 2.06 bits per heavy atom. The number of hydrogen-bond donors (Lipinski definition) is 1. The molecule has 0 radical (unpaired) electrons. The molecule has 4 nitrogen and oxygen atoms in total. The number of Topliss-reactive ketones (excluding diaryl/α,β-unsaturated/α-hetero) is 1. The highest BCUT2D eigenvalue weighted by Gasteiger charge is 2.17. The highest BCUT2D eigenvalue weighted by Crippen LogP contribution is 2.25. The van der Waals surface area contributed by atoms with Crippen LogP contribution < -0.4 is 10.1 Å². The van der Waals surface area contributed by atoms with Gasteiger partial charge < -0.3 is 10.1 Å². The van der Waals surface area contributed by atoms with Crippen LogP contribution in [0.25, 0.3) is 0 Å². The number of nitrogens with one attached hydrogen (secondary N) is 1. The smallest absolute Gasteiger partial charge is 0.221 e. The molecular weight excluding hydrogens is 242 g/mol. The third-order valence-electron chi connectivity index (χ3n) is 2.15. The fourth-order valence-electron chi connectivity index (χ4n) is 1.40. The largest absolute Gasteiger partial charge is 0.496 e. The van der Waals surface area contributed by atoms with E-state index in [2.05, 4.69) is 5.32 Å². The van der Waals surface area contributed by atoms with Crippen LogP contribution in [0.4, 0.5) is 5.69 Å². The van der Waals surface area contributed by atoms with E-state index >= 15 is 0 Å². The molecule has 5 heteroatoms. The summed E-state index contributed by atoms with van der Waals surface area (Å²) in [5.41, 5.74) is 0.903. The van der Waals surface area contributed by atoms with Gasteiger partial charge in [-0.3, -0.25) is 9.59 Å². The van der Waals surface area contributed by atoms with Gasteiger partial charge in [-0.25, -0.2) is 0 Å². The van der Waals surface area contributed by atoms with Gasteiger partial charge in [-0.05, 0) is 25.1 Å². The minimum atomic E-state index is -0.642. The molecule has 17 heavy (non-hydrogen) atoms. The SMILES string of the molecule is COc1ccc(NC(C)=O)cc1C(=O)C(C)Cl. The first kappa shape index (κ1) is 13.5. The van der Waals surface area contributed by atoms with Gasteiger partial charge in [0.2, 0.25) is 5.91 Å². The van der Waals surface area contributed by atoms with E-state index in [9.17, 15) is 9.59 Å². The molecule has 0 aliphatic heterocycles. The molecule has 0 heterocycles. The Morgan fingerprint density at radius 1 is 1.41 bits per heavy atom. The van der Waals surface area contributed by atoms with E-state index < -0.39 is 5.38 Å². The summed E-state index contributed by atoms with van der Waals surface area (Å²) in [6.07, 6.45) is 0. The first-order chi connectivity index (χ1) is 7.95. The molecule has 1 aromatic carbocycles. The van der Waals surface area contributed by atoms with Crippen LogP contribution in [0.15, 0.2) is 18.2 Å². The summed E-state index contributed by atoms with van der Waals surface area (Å²) in [7, 11) is 1.48. The van der Waals surface area contributed by atoms with Gasteiger partial charge in [0, 0.05) is 12.6 Å². The molecular formula is C12H14ClNO3. The van der Waals surface area contributed by atoms with Crippen molar-refractivity contribution in [2.24, 2.45) is 0 Å². The zero-order valence-corrected chi connectivity index (χ0v) is 10.7. The van der Waals surface area contributed by atoms with Crippen molar-refractivity contribution in [1.82, 2.24) is 0 Å².